The molecule has 1 aromatic heterocycles. The number of aromatic amines is 1. The minimum absolute atomic E-state index is 0.0776. The van der Waals surface area contributed by atoms with Crippen LogP contribution in [0.5, 0.6) is 0 Å². The number of piperidine rings is 1. The number of sulfonamides is 1. The lowest BCUT2D eigenvalue weighted by Crippen LogP contribution is -2.43. The summed E-state index contributed by atoms with van der Waals surface area (Å²) in [7, 11) is -3.21. The van der Waals surface area contributed by atoms with Gasteiger partial charge in [-0.3, -0.25) is 4.79 Å². The minimum Gasteiger partial charge on any atom is -0.350 e. The number of carbonyl (C=O) groups is 1. The second-order valence-corrected chi connectivity index (χ2v) is 8.61. The highest BCUT2D eigenvalue weighted by atomic mass is 32.2. The van der Waals surface area contributed by atoms with Crippen molar-refractivity contribution in [2.75, 3.05) is 25.9 Å². The van der Waals surface area contributed by atoms with E-state index in [2.05, 4.69) is 10.3 Å². The van der Waals surface area contributed by atoms with Crippen LogP contribution in [0.2, 0.25) is 0 Å². The van der Waals surface area contributed by atoms with Crippen molar-refractivity contribution in [1.82, 2.24) is 14.6 Å². The lowest BCUT2D eigenvalue weighted by molar-refractivity contribution is 0.0937. The summed E-state index contributed by atoms with van der Waals surface area (Å²) in [5, 5.41) is 3.53. The van der Waals surface area contributed by atoms with Crippen LogP contribution < -0.4 is 5.32 Å². The number of nitrogens with one attached hydrogen (secondary N) is 2. The lowest BCUT2D eigenvalue weighted by atomic mass is 9.99. The molecule has 8 heteroatoms. The number of aryl methyl sites for hydroxylation is 1. The number of halogens is 1. The lowest BCUT2D eigenvalue weighted by Gasteiger charge is -2.30. The van der Waals surface area contributed by atoms with Crippen LogP contribution in [0.25, 0.3) is 10.9 Å². The van der Waals surface area contributed by atoms with Crippen molar-refractivity contribution < 1.29 is 17.6 Å². The summed E-state index contributed by atoms with van der Waals surface area (Å²) in [5.41, 5.74) is 1.37. The summed E-state index contributed by atoms with van der Waals surface area (Å²) in [6.07, 6.45) is 2.85. The molecule has 1 aliphatic rings. The van der Waals surface area contributed by atoms with E-state index in [0.717, 1.165) is 12.8 Å². The molecule has 2 heterocycles. The number of aromatic nitrogens is 1. The van der Waals surface area contributed by atoms with Crippen LogP contribution in [0, 0.1) is 18.7 Å². The van der Waals surface area contributed by atoms with E-state index in [9.17, 15) is 17.6 Å². The highest BCUT2D eigenvalue weighted by Gasteiger charge is 2.26. The van der Waals surface area contributed by atoms with Crippen molar-refractivity contribution in [2.24, 2.45) is 5.92 Å². The quantitative estimate of drug-likeness (QED) is 0.867. The smallest absolute Gasteiger partial charge is 0.268 e. The zero-order chi connectivity index (χ0) is 18.2. The first-order valence-electron chi connectivity index (χ1n) is 8.27. The predicted octanol–water partition coefficient (Wildman–Crippen LogP) is 2.02. The molecule has 0 aliphatic carbocycles. The average molecular weight is 367 g/mol. The topological polar surface area (TPSA) is 82.3 Å². The molecule has 3 rings (SSSR count). The van der Waals surface area contributed by atoms with Gasteiger partial charge in [-0.1, -0.05) is 12.1 Å². The number of fused-ring (bicyclic) bond motifs is 1. The number of para-hydroxylation sites is 1. The van der Waals surface area contributed by atoms with Crippen LogP contribution in [0.3, 0.4) is 0 Å². The first kappa shape index (κ1) is 17.9. The first-order valence-corrected chi connectivity index (χ1v) is 10.1. The van der Waals surface area contributed by atoms with Crippen LogP contribution in [0.4, 0.5) is 4.39 Å². The van der Waals surface area contributed by atoms with Gasteiger partial charge >= 0.3 is 0 Å². The van der Waals surface area contributed by atoms with Crippen LogP contribution in [-0.4, -0.2) is 49.5 Å². The van der Waals surface area contributed by atoms with Crippen molar-refractivity contribution in [2.45, 2.75) is 19.8 Å². The van der Waals surface area contributed by atoms with Gasteiger partial charge in [0, 0.05) is 25.0 Å². The number of hydrogen-bond acceptors (Lipinski definition) is 3. The van der Waals surface area contributed by atoms with Gasteiger partial charge in [-0.25, -0.2) is 17.1 Å². The van der Waals surface area contributed by atoms with Gasteiger partial charge in [0.25, 0.3) is 5.91 Å². The van der Waals surface area contributed by atoms with E-state index < -0.39 is 15.8 Å². The van der Waals surface area contributed by atoms with E-state index in [4.69, 9.17) is 0 Å². The summed E-state index contributed by atoms with van der Waals surface area (Å²) < 4.78 is 38.6. The van der Waals surface area contributed by atoms with Gasteiger partial charge in [0.05, 0.1) is 11.8 Å². The second-order valence-electron chi connectivity index (χ2n) is 6.63. The van der Waals surface area contributed by atoms with E-state index in [0.29, 0.717) is 41.8 Å². The van der Waals surface area contributed by atoms with Crippen LogP contribution in [0.1, 0.15) is 28.9 Å². The fraction of sp³-hybridized carbons (Fsp3) is 0.471. The fourth-order valence-electron chi connectivity index (χ4n) is 3.36. The monoisotopic (exact) mass is 367 g/mol. The molecule has 0 bridgehead atoms. The van der Waals surface area contributed by atoms with E-state index in [1.54, 1.807) is 19.1 Å². The van der Waals surface area contributed by atoms with Gasteiger partial charge in [0.1, 0.15) is 11.5 Å². The molecule has 1 aromatic carbocycles. The van der Waals surface area contributed by atoms with E-state index in [1.807, 2.05) is 0 Å². The highest BCUT2D eigenvalue weighted by Crippen LogP contribution is 2.24. The Bertz CT molecular complexity index is 907. The van der Waals surface area contributed by atoms with Crippen LogP contribution in [-0.2, 0) is 10.0 Å². The Morgan fingerprint density at radius 3 is 2.88 bits per heavy atom. The zero-order valence-corrected chi connectivity index (χ0v) is 15.1. The third kappa shape index (κ3) is 3.69. The van der Waals surface area contributed by atoms with Crippen molar-refractivity contribution in [1.29, 1.82) is 0 Å². The van der Waals surface area contributed by atoms with E-state index in [-0.39, 0.29) is 11.8 Å². The first-order chi connectivity index (χ1) is 11.8. The normalized spacial score (nSPS) is 19.2. The zero-order valence-electron chi connectivity index (χ0n) is 14.3. The number of benzene rings is 1. The molecule has 2 N–H and O–H groups in total. The Labute approximate surface area is 146 Å². The summed E-state index contributed by atoms with van der Waals surface area (Å²) in [5.74, 6) is -0.617. The number of hydrogen-bond donors (Lipinski definition) is 2. The molecule has 6 nitrogen and oxygen atoms in total. The molecule has 1 fully saturated rings. The summed E-state index contributed by atoms with van der Waals surface area (Å²) >= 11 is 0. The van der Waals surface area contributed by atoms with Crippen molar-refractivity contribution >= 4 is 26.8 Å². The molecule has 0 radical (unpaired) electrons. The Hall–Kier alpha value is -1.93. The number of nitrogens with zero attached hydrogens (tertiary/aromatic N) is 1. The second kappa shape index (κ2) is 6.76. The van der Waals surface area contributed by atoms with Crippen molar-refractivity contribution in [3.05, 3.63) is 35.3 Å². The molecule has 2 aromatic rings. The van der Waals surface area contributed by atoms with Crippen molar-refractivity contribution in [3.63, 3.8) is 0 Å². The third-order valence-corrected chi connectivity index (χ3v) is 6.04. The third-order valence-electron chi connectivity index (χ3n) is 4.77. The number of rotatable bonds is 4. The van der Waals surface area contributed by atoms with Crippen molar-refractivity contribution in [3.8, 4) is 0 Å². The van der Waals surface area contributed by atoms with Gasteiger partial charge in [-0.05, 0) is 37.3 Å². The van der Waals surface area contributed by atoms with Gasteiger partial charge < -0.3 is 10.3 Å². The van der Waals surface area contributed by atoms with Gasteiger partial charge in [0.15, 0.2) is 0 Å². The molecule has 1 atom stereocenters. The maximum absolute atomic E-state index is 13.8. The molecule has 25 heavy (non-hydrogen) atoms. The maximum Gasteiger partial charge on any atom is 0.268 e. The van der Waals surface area contributed by atoms with Gasteiger partial charge in [-0.15, -0.1) is 0 Å². The molecule has 1 amide bonds. The minimum atomic E-state index is -3.21. The highest BCUT2D eigenvalue weighted by molar-refractivity contribution is 7.88. The fourth-order valence-corrected chi connectivity index (χ4v) is 4.31. The standard InChI is InChI=1S/C17H22FN3O3S/c1-11-13-6-3-7-14(18)16(13)20-15(11)17(22)19-9-12-5-4-8-21(10-12)25(2,23)24/h3,6-7,12,20H,4-5,8-10H2,1-2H3,(H,19,22)/t12-/m1/s1. The Kier molecular flexibility index (Phi) is 4.83. The molecule has 1 saturated heterocycles. The summed E-state index contributed by atoms with van der Waals surface area (Å²) in [4.78, 5) is 15.3. The predicted molar refractivity (Wildman–Crippen MR) is 94.5 cm³/mol. The number of H-pyrrole nitrogens is 1. The van der Waals surface area contributed by atoms with Gasteiger partial charge in [-0.2, -0.15) is 0 Å². The van der Waals surface area contributed by atoms with E-state index in [1.165, 1.54) is 16.6 Å². The SMILES string of the molecule is Cc1c(C(=O)NC[C@H]2CCCN(S(C)(=O)=O)C2)[nH]c2c(F)cccc12. The molecule has 0 saturated carbocycles. The average Bonchev–Trinajstić information content (AvgIpc) is 2.91. The van der Waals surface area contributed by atoms with Crippen LogP contribution in [0.15, 0.2) is 18.2 Å². The Balaban J connectivity index is 1.69. The molecule has 0 spiro atoms. The molecular weight excluding hydrogens is 345 g/mol. The molecule has 136 valence electrons. The van der Waals surface area contributed by atoms with E-state index >= 15 is 0 Å². The molecule has 0 unspecified atom stereocenters. The number of amides is 1. The largest absolute Gasteiger partial charge is 0.350 e. The molecule has 1 aliphatic heterocycles. The molecular formula is C17H22FN3O3S. The maximum atomic E-state index is 13.8. The number of carbonyl (C=O) groups excluding carboxylic acids is 1. The Morgan fingerprint density at radius 2 is 2.20 bits per heavy atom. The van der Waals surface area contributed by atoms with Crippen LogP contribution >= 0.6 is 0 Å². The van der Waals surface area contributed by atoms with Gasteiger partial charge in [0.2, 0.25) is 10.0 Å². The Morgan fingerprint density at radius 1 is 1.44 bits per heavy atom. The summed E-state index contributed by atoms with van der Waals surface area (Å²) in [6.45, 7) is 3.12. The summed E-state index contributed by atoms with van der Waals surface area (Å²) in [6, 6.07) is 4.73.